The summed E-state index contributed by atoms with van der Waals surface area (Å²) in [4.78, 5) is 11.2. The fraction of sp³-hybridized carbons (Fsp3) is 0.222. The lowest BCUT2D eigenvalue weighted by Crippen LogP contribution is -3.00. The summed E-state index contributed by atoms with van der Waals surface area (Å²) in [5.41, 5.74) is 2.23. The van der Waals surface area contributed by atoms with Crippen LogP contribution in [0.4, 0.5) is 0 Å². The molecule has 24 heavy (non-hydrogen) atoms. The maximum atomic E-state index is 11.2. The number of carbonyl (C=O) groups is 1. The summed E-state index contributed by atoms with van der Waals surface area (Å²) in [5.74, 6) is 1.11. The van der Waals surface area contributed by atoms with Crippen LogP contribution in [0, 0.1) is 6.92 Å². The van der Waals surface area contributed by atoms with Crippen LogP contribution in [0.5, 0.6) is 11.5 Å². The minimum atomic E-state index is -0.310. The quantitative estimate of drug-likeness (QED) is 0.358. The van der Waals surface area contributed by atoms with Crippen LogP contribution in [-0.4, -0.2) is 13.1 Å². The zero-order valence-electron chi connectivity index (χ0n) is 13.7. The van der Waals surface area contributed by atoms with Gasteiger partial charge in [0.15, 0.2) is 6.54 Å². The van der Waals surface area contributed by atoms with Crippen molar-refractivity contribution in [3.63, 3.8) is 0 Å². The van der Waals surface area contributed by atoms with Crippen molar-refractivity contribution < 1.29 is 35.8 Å². The van der Waals surface area contributed by atoms with Crippen molar-refractivity contribution in [3.05, 3.63) is 53.0 Å². The lowest BCUT2D eigenvalue weighted by atomic mass is 10.2. The van der Waals surface area contributed by atoms with E-state index in [1.165, 1.54) is 16.6 Å². The second-order valence-electron chi connectivity index (χ2n) is 5.28. The Balaban J connectivity index is 0.00000208. The number of hydrogen-bond acceptors (Lipinski definition) is 4. The Labute approximate surface area is 155 Å². The van der Waals surface area contributed by atoms with Crippen LogP contribution in [0.15, 0.2) is 42.5 Å². The van der Waals surface area contributed by atoms with Crippen molar-refractivity contribution in [2.75, 3.05) is 7.11 Å². The van der Waals surface area contributed by atoms with Gasteiger partial charge in [0, 0.05) is 19.4 Å². The fourth-order valence-electron chi connectivity index (χ4n) is 2.56. The molecule has 3 aromatic rings. The van der Waals surface area contributed by atoms with E-state index >= 15 is 0 Å². The van der Waals surface area contributed by atoms with Gasteiger partial charge in [-0.15, -0.1) is 0 Å². The number of aryl methyl sites for hydroxylation is 1. The molecule has 0 aliphatic heterocycles. The molecule has 0 fully saturated rings. The molecular formula is C18H18BrNO3S. The SMILES string of the molecule is COc1cccc(C[n+]2c(C)sc3ccc(OC(C)=O)cc32)c1.[Br-]. The molecule has 3 rings (SSSR count). The molecule has 6 heteroatoms. The van der Waals surface area contributed by atoms with E-state index in [1.54, 1.807) is 18.4 Å². The highest BCUT2D eigenvalue weighted by molar-refractivity contribution is 7.18. The Kier molecular flexibility index (Phi) is 5.96. The number of carbonyl (C=O) groups excluding carboxylic acids is 1. The van der Waals surface area contributed by atoms with Gasteiger partial charge in [-0.1, -0.05) is 23.5 Å². The van der Waals surface area contributed by atoms with Gasteiger partial charge in [-0.05, 0) is 24.3 Å². The third-order valence-corrected chi connectivity index (χ3v) is 4.68. The number of benzene rings is 2. The molecule has 0 N–H and O–H groups in total. The van der Waals surface area contributed by atoms with Crippen molar-refractivity contribution >= 4 is 27.5 Å². The normalized spacial score (nSPS) is 10.3. The maximum absolute atomic E-state index is 11.2. The van der Waals surface area contributed by atoms with Gasteiger partial charge in [0.1, 0.15) is 16.2 Å². The number of aromatic nitrogens is 1. The number of fused-ring (bicyclic) bond motifs is 1. The number of methoxy groups -OCH3 is 1. The lowest BCUT2D eigenvalue weighted by molar-refractivity contribution is -0.664. The van der Waals surface area contributed by atoms with E-state index in [0.717, 1.165) is 23.4 Å². The summed E-state index contributed by atoms with van der Waals surface area (Å²) in [7, 11) is 1.67. The standard InChI is InChI=1S/C18H18NO3S.BrH/c1-12-19(11-14-5-4-6-15(9-14)21-3)17-10-16(22-13(2)20)7-8-18(17)23-12;/h4-10H,11H2,1-3H3;1H/q+1;/p-1. The zero-order chi connectivity index (χ0) is 16.4. The first-order valence-electron chi connectivity index (χ1n) is 7.31. The molecular weight excluding hydrogens is 390 g/mol. The topological polar surface area (TPSA) is 39.4 Å². The Morgan fingerprint density at radius 2 is 1.96 bits per heavy atom. The number of hydrogen-bond donors (Lipinski definition) is 0. The summed E-state index contributed by atoms with van der Waals surface area (Å²) in [6.07, 6.45) is 0. The number of nitrogens with zero attached hydrogens (tertiary/aromatic N) is 1. The first kappa shape index (κ1) is 18.4. The summed E-state index contributed by atoms with van der Waals surface area (Å²) in [6.45, 7) is 4.25. The van der Waals surface area contributed by atoms with Crippen LogP contribution in [0.1, 0.15) is 17.5 Å². The molecule has 1 aromatic heterocycles. The molecule has 0 bridgehead atoms. The predicted molar refractivity (Wildman–Crippen MR) is 90.2 cm³/mol. The molecule has 0 atom stereocenters. The van der Waals surface area contributed by atoms with Gasteiger partial charge in [-0.3, -0.25) is 4.79 Å². The van der Waals surface area contributed by atoms with Crippen LogP contribution < -0.4 is 31.0 Å². The molecule has 126 valence electrons. The minimum Gasteiger partial charge on any atom is -1.00 e. The van der Waals surface area contributed by atoms with E-state index in [2.05, 4.69) is 17.6 Å². The molecule has 0 spiro atoms. The Bertz CT molecular complexity index is 876. The Hall–Kier alpha value is -1.92. The van der Waals surface area contributed by atoms with Crippen LogP contribution in [0.2, 0.25) is 0 Å². The first-order chi connectivity index (χ1) is 11.1. The van der Waals surface area contributed by atoms with E-state index in [1.807, 2.05) is 36.4 Å². The largest absolute Gasteiger partial charge is 1.00 e. The number of ether oxygens (including phenoxy) is 2. The predicted octanol–water partition coefficient (Wildman–Crippen LogP) is 0.483. The van der Waals surface area contributed by atoms with Crippen LogP contribution >= 0.6 is 11.3 Å². The Morgan fingerprint density at radius 3 is 2.67 bits per heavy atom. The maximum Gasteiger partial charge on any atom is 0.308 e. The molecule has 0 aliphatic carbocycles. The van der Waals surface area contributed by atoms with E-state index in [9.17, 15) is 4.79 Å². The van der Waals surface area contributed by atoms with Crippen molar-refractivity contribution in [2.24, 2.45) is 0 Å². The van der Waals surface area contributed by atoms with E-state index in [0.29, 0.717) is 5.75 Å². The second kappa shape index (κ2) is 7.77. The highest BCUT2D eigenvalue weighted by Crippen LogP contribution is 2.25. The monoisotopic (exact) mass is 407 g/mol. The average molecular weight is 408 g/mol. The average Bonchev–Trinajstić information content (AvgIpc) is 2.83. The van der Waals surface area contributed by atoms with Crippen LogP contribution in [0.25, 0.3) is 10.2 Å². The fourth-order valence-corrected chi connectivity index (χ4v) is 3.56. The van der Waals surface area contributed by atoms with Gasteiger partial charge in [0.2, 0.25) is 10.5 Å². The van der Waals surface area contributed by atoms with Crippen molar-refractivity contribution in [1.82, 2.24) is 0 Å². The second-order valence-corrected chi connectivity index (χ2v) is 6.52. The highest BCUT2D eigenvalue weighted by Gasteiger charge is 2.19. The molecule has 0 unspecified atom stereocenters. The first-order valence-corrected chi connectivity index (χ1v) is 8.13. The highest BCUT2D eigenvalue weighted by atomic mass is 79.9. The van der Waals surface area contributed by atoms with Crippen molar-refractivity contribution in [3.8, 4) is 11.5 Å². The van der Waals surface area contributed by atoms with Crippen molar-refractivity contribution in [2.45, 2.75) is 20.4 Å². The third-order valence-electron chi connectivity index (χ3n) is 3.60. The van der Waals surface area contributed by atoms with Crippen LogP contribution in [-0.2, 0) is 11.3 Å². The molecule has 0 amide bonds. The summed E-state index contributed by atoms with van der Waals surface area (Å²) >= 11 is 1.73. The van der Waals surface area contributed by atoms with Crippen LogP contribution in [0.3, 0.4) is 0 Å². The minimum absolute atomic E-state index is 0. The van der Waals surface area contributed by atoms with Gasteiger partial charge in [0.05, 0.1) is 13.2 Å². The summed E-state index contributed by atoms with van der Waals surface area (Å²) in [6, 6.07) is 13.8. The molecule has 1 heterocycles. The van der Waals surface area contributed by atoms with Gasteiger partial charge in [0.25, 0.3) is 0 Å². The number of esters is 1. The van der Waals surface area contributed by atoms with E-state index in [4.69, 9.17) is 9.47 Å². The molecule has 0 saturated carbocycles. The molecule has 0 radical (unpaired) electrons. The Morgan fingerprint density at radius 1 is 1.17 bits per heavy atom. The zero-order valence-corrected chi connectivity index (χ0v) is 16.1. The summed E-state index contributed by atoms with van der Waals surface area (Å²) < 4.78 is 13.9. The number of rotatable bonds is 4. The molecule has 2 aromatic carbocycles. The molecule has 0 aliphatic rings. The van der Waals surface area contributed by atoms with E-state index in [-0.39, 0.29) is 23.0 Å². The van der Waals surface area contributed by atoms with Gasteiger partial charge in [-0.2, -0.15) is 4.57 Å². The number of thiazole rings is 1. The number of halogens is 1. The van der Waals surface area contributed by atoms with Crippen molar-refractivity contribution in [1.29, 1.82) is 0 Å². The van der Waals surface area contributed by atoms with Gasteiger partial charge < -0.3 is 26.5 Å². The van der Waals surface area contributed by atoms with E-state index < -0.39 is 0 Å². The van der Waals surface area contributed by atoms with Gasteiger partial charge in [-0.25, -0.2) is 0 Å². The smallest absolute Gasteiger partial charge is 0.308 e. The van der Waals surface area contributed by atoms with Gasteiger partial charge >= 0.3 is 5.97 Å². The summed E-state index contributed by atoms with van der Waals surface area (Å²) in [5, 5.41) is 1.20. The lowest BCUT2D eigenvalue weighted by Gasteiger charge is -2.03. The molecule has 4 nitrogen and oxygen atoms in total. The third kappa shape index (κ3) is 3.94. The molecule has 0 saturated heterocycles.